The molecule has 1 rings (SSSR count). The third-order valence-electron chi connectivity index (χ3n) is 1.77. The van der Waals surface area contributed by atoms with Crippen LogP contribution in [0.25, 0.3) is 0 Å². The van der Waals surface area contributed by atoms with E-state index in [4.69, 9.17) is 0 Å². The quantitative estimate of drug-likeness (QED) is 0.722. The molecule has 0 saturated heterocycles. The normalized spacial score (nSPS) is 9.62. The molecule has 0 bridgehead atoms. The molecule has 5 nitrogen and oxygen atoms in total. The van der Waals surface area contributed by atoms with Crippen LogP contribution in [0.1, 0.15) is 10.4 Å². The van der Waals surface area contributed by atoms with Crippen LogP contribution < -0.4 is 10.8 Å². The number of rotatable bonds is 4. The minimum Gasteiger partial charge on any atom is -0.357 e. The summed E-state index contributed by atoms with van der Waals surface area (Å²) in [5, 5.41) is 2.30. The van der Waals surface area contributed by atoms with Crippen LogP contribution in [0.5, 0.6) is 0 Å². The molecule has 0 aromatic heterocycles. The van der Waals surface area contributed by atoms with Crippen LogP contribution in [0.3, 0.4) is 0 Å². The van der Waals surface area contributed by atoms with E-state index in [1.165, 1.54) is 25.2 Å². The van der Waals surface area contributed by atoms with Gasteiger partial charge in [-0.25, -0.2) is 9.87 Å². The molecule has 0 spiro atoms. The minimum absolute atomic E-state index is 0.139. The summed E-state index contributed by atoms with van der Waals surface area (Å²) in [6.45, 7) is -0.323. The number of hydrogen-bond acceptors (Lipinski definition) is 3. The van der Waals surface area contributed by atoms with E-state index in [2.05, 4.69) is 10.2 Å². The first-order valence-corrected chi connectivity index (χ1v) is 4.52. The number of hydroxylamine groups is 1. The fraction of sp³-hybridized carbons (Fsp3) is 0.200. The predicted molar refractivity (Wildman–Crippen MR) is 53.9 cm³/mol. The van der Waals surface area contributed by atoms with Crippen LogP contribution in [-0.4, -0.2) is 25.5 Å². The average molecular weight is 226 g/mol. The number of carbonyl (C=O) groups is 2. The van der Waals surface area contributed by atoms with Gasteiger partial charge in [0.2, 0.25) is 5.91 Å². The fourth-order valence-electron chi connectivity index (χ4n) is 0.940. The number of benzene rings is 1. The van der Waals surface area contributed by atoms with E-state index in [0.29, 0.717) is 0 Å². The van der Waals surface area contributed by atoms with Gasteiger partial charge in [-0.05, 0) is 12.1 Å². The molecule has 16 heavy (non-hydrogen) atoms. The van der Waals surface area contributed by atoms with Gasteiger partial charge >= 0.3 is 0 Å². The highest BCUT2D eigenvalue weighted by Gasteiger charge is 2.10. The largest absolute Gasteiger partial charge is 0.357 e. The monoisotopic (exact) mass is 226 g/mol. The smallest absolute Gasteiger partial charge is 0.277 e. The molecule has 2 N–H and O–H groups in total. The van der Waals surface area contributed by atoms with Gasteiger partial charge in [0, 0.05) is 7.05 Å². The summed E-state index contributed by atoms with van der Waals surface area (Å²) in [5.41, 5.74) is 1.83. The van der Waals surface area contributed by atoms with Crippen molar-refractivity contribution in [2.75, 3.05) is 13.7 Å². The summed E-state index contributed by atoms with van der Waals surface area (Å²) in [4.78, 5) is 26.6. The number of nitrogens with one attached hydrogen (secondary N) is 2. The van der Waals surface area contributed by atoms with E-state index >= 15 is 0 Å². The standard InChI is InChI=1S/C10H11FN2O3/c1-12-9(14)6-16-13-10(15)7-4-2-3-5-8(7)11/h2-5H,6H2,1H3,(H,12,14)(H,13,15). The van der Waals surface area contributed by atoms with Gasteiger partial charge in [0.25, 0.3) is 5.91 Å². The Morgan fingerprint density at radius 3 is 2.69 bits per heavy atom. The second-order valence-corrected chi connectivity index (χ2v) is 2.87. The Balaban J connectivity index is 2.47. The van der Waals surface area contributed by atoms with Crippen LogP contribution in [0.15, 0.2) is 24.3 Å². The highest BCUT2D eigenvalue weighted by atomic mass is 19.1. The molecule has 0 aliphatic heterocycles. The van der Waals surface area contributed by atoms with Crippen molar-refractivity contribution in [1.82, 2.24) is 10.8 Å². The number of amides is 2. The zero-order chi connectivity index (χ0) is 12.0. The summed E-state index contributed by atoms with van der Waals surface area (Å²) in [6.07, 6.45) is 0. The van der Waals surface area contributed by atoms with E-state index in [9.17, 15) is 14.0 Å². The Morgan fingerprint density at radius 1 is 1.38 bits per heavy atom. The van der Waals surface area contributed by atoms with Crippen molar-refractivity contribution in [2.24, 2.45) is 0 Å². The molecule has 6 heteroatoms. The van der Waals surface area contributed by atoms with E-state index < -0.39 is 17.6 Å². The Hall–Kier alpha value is -1.95. The fourth-order valence-corrected chi connectivity index (χ4v) is 0.940. The lowest BCUT2D eigenvalue weighted by Crippen LogP contribution is -2.31. The van der Waals surface area contributed by atoms with E-state index in [0.717, 1.165) is 6.07 Å². The second kappa shape index (κ2) is 5.82. The molecule has 0 fully saturated rings. The SMILES string of the molecule is CNC(=O)CONC(=O)c1ccccc1F. The second-order valence-electron chi connectivity index (χ2n) is 2.87. The summed E-state index contributed by atoms with van der Waals surface area (Å²) < 4.78 is 13.1. The van der Waals surface area contributed by atoms with Crippen molar-refractivity contribution in [2.45, 2.75) is 0 Å². The van der Waals surface area contributed by atoms with Gasteiger partial charge in [0.15, 0.2) is 6.61 Å². The van der Waals surface area contributed by atoms with Crippen molar-refractivity contribution in [1.29, 1.82) is 0 Å². The molecule has 1 aromatic rings. The first-order chi connectivity index (χ1) is 7.65. The van der Waals surface area contributed by atoms with Gasteiger partial charge in [-0.2, -0.15) is 0 Å². The van der Waals surface area contributed by atoms with Gasteiger partial charge < -0.3 is 5.32 Å². The predicted octanol–water partition coefficient (Wildman–Crippen LogP) is 0.233. The Kier molecular flexibility index (Phi) is 4.41. The highest BCUT2D eigenvalue weighted by molar-refractivity contribution is 5.93. The van der Waals surface area contributed by atoms with Crippen molar-refractivity contribution in [3.63, 3.8) is 0 Å². The summed E-state index contributed by atoms with van der Waals surface area (Å²) in [5.74, 6) is -1.78. The van der Waals surface area contributed by atoms with Gasteiger partial charge in [-0.1, -0.05) is 12.1 Å². The summed E-state index contributed by atoms with van der Waals surface area (Å²) in [6, 6.07) is 5.47. The number of hydrogen-bond donors (Lipinski definition) is 2. The van der Waals surface area contributed by atoms with Gasteiger partial charge in [0.05, 0.1) is 5.56 Å². The molecule has 1 aromatic carbocycles. The van der Waals surface area contributed by atoms with Gasteiger partial charge in [-0.15, -0.1) is 0 Å². The summed E-state index contributed by atoms with van der Waals surface area (Å²) >= 11 is 0. The van der Waals surface area contributed by atoms with Crippen molar-refractivity contribution in [3.8, 4) is 0 Å². The van der Waals surface area contributed by atoms with Crippen molar-refractivity contribution >= 4 is 11.8 Å². The molecular formula is C10H11FN2O3. The highest BCUT2D eigenvalue weighted by Crippen LogP contribution is 2.05. The van der Waals surface area contributed by atoms with E-state index in [1.54, 1.807) is 0 Å². The van der Waals surface area contributed by atoms with Crippen LogP contribution >= 0.6 is 0 Å². The lowest BCUT2D eigenvalue weighted by Gasteiger charge is -2.05. The Labute approximate surface area is 91.5 Å². The summed E-state index contributed by atoms with van der Waals surface area (Å²) in [7, 11) is 1.43. The molecule has 0 aliphatic carbocycles. The van der Waals surface area contributed by atoms with Crippen molar-refractivity contribution < 1.29 is 18.8 Å². The first kappa shape index (κ1) is 12.1. The molecule has 0 saturated carbocycles. The molecule has 2 amide bonds. The number of likely N-dealkylation sites (N-methyl/N-ethyl adjacent to an activating group) is 1. The Morgan fingerprint density at radius 2 is 2.06 bits per heavy atom. The zero-order valence-electron chi connectivity index (χ0n) is 8.62. The molecule has 0 radical (unpaired) electrons. The molecule has 86 valence electrons. The van der Waals surface area contributed by atoms with Crippen LogP contribution in [0.4, 0.5) is 4.39 Å². The van der Waals surface area contributed by atoms with E-state index in [1.807, 2.05) is 5.48 Å². The minimum atomic E-state index is -0.734. The maximum atomic E-state index is 13.1. The Bertz CT molecular complexity index is 395. The molecule has 0 heterocycles. The molecule has 0 unspecified atom stereocenters. The lowest BCUT2D eigenvalue weighted by atomic mass is 10.2. The molecule has 0 aliphatic rings. The molecule has 0 atom stereocenters. The number of halogens is 1. The topological polar surface area (TPSA) is 67.4 Å². The van der Waals surface area contributed by atoms with Gasteiger partial charge in [-0.3, -0.25) is 14.4 Å². The number of carbonyl (C=O) groups excluding carboxylic acids is 2. The van der Waals surface area contributed by atoms with Crippen molar-refractivity contribution in [3.05, 3.63) is 35.6 Å². The van der Waals surface area contributed by atoms with Crippen LogP contribution in [0, 0.1) is 5.82 Å². The van der Waals surface area contributed by atoms with Crippen LogP contribution in [0.2, 0.25) is 0 Å². The lowest BCUT2D eigenvalue weighted by molar-refractivity contribution is -0.126. The third-order valence-corrected chi connectivity index (χ3v) is 1.77. The molecular weight excluding hydrogens is 215 g/mol. The average Bonchev–Trinajstić information content (AvgIpc) is 2.29. The third kappa shape index (κ3) is 3.32. The maximum absolute atomic E-state index is 13.1. The van der Waals surface area contributed by atoms with Gasteiger partial charge in [0.1, 0.15) is 5.82 Å². The maximum Gasteiger partial charge on any atom is 0.277 e. The van der Waals surface area contributed by atoms with E-state index in [-0.39, 0.29) is 12.2 Å². The first-order valence-electron chi connectivity index (χ1n) is 4.52. The van der Waals surface area contributed by atoms with Crippen LogP contribution in [-0.2, 0) is 9.63 Å². The zero-order valence-corrected chi connectivity index (χ0v) is 8.62.